The van der Waals surface area contributed by atoms with Crippen molar-refractivity contribution in [2.24, 2.45) is 0 Å². The Morgan fingerprint density at radius 2 is 2.29 bits per heavy atom. The molecule has 0 fully saturated rings. The standard InChI is InChI=1S/C2H5O4P/c1-2-7(4,5)6-3/h2-3H,1H2,(H,4,5). The van der Waals surface area contributed by atoms with E-state index in [0.717, 1.165) is 0 Å². The van der Waals surface area contributed by atoms with Gasteiger partial charge in [-0.15, -0.1) is 4.67 Å². The first-order valence-corrected chi connectivity index (χ1v) is 3.06. The molecule has 2 N–H and O–H groups in total. The lowest BCUT2D eigenvalue weighted by molar-refractivity contribution is -0.143. The van der Waals surface area contributed by atoms with Crippen LogP contribution in [0.2, 0.25) is 0 Å². The van der Waals surface area contributed by atoms with Gasteiger partial charge in [0.1, 0.15) is 0 Å². The van der Waals surface area contributed by atoms with Crippen molar-refractivity contribution < 1.29 is 19.4 Å². The zero-order chi connectivity index (χ0) is 5.91. The van der Waals surface area contributed by atoms with Crippen molar-refractivity contribution >= 4 is 7.60 Å². The van der Waals surface area contributed by atoms with E-state index in [4.69, 9.17) is 10.2 Å². The summed E-state index contributed by atoms with van der Waals surface area (Å²) in [7, 11) is -3.83. The molecule has 0 aromatic rings. The predicted octanol–water partition coefficient (Wildman–Crippen LogP) is 0.805. The van der Waals surface area contributed by atoms with Crippen LogP contribution in [-0.2, 0) is 9.24 Å². The Morgan fingerprint density at radius 3 is 2.29 bits per heavy atom. The van der Waals surface area contributed by atoms with Gasteiger partial charge in [-0.1, -0.05) is 6.58 Å². The highest BCUT2D eigenvalue weighted by atomic mass is 31.2. The molecular formula is C2H5O4P. The molecule has 0 radical (unpaired) electrons. The maximum absolute atomic E-state index is 9.92. The van der Waals surface area contributed by atoms with Gasteiger partial charge in [-0.05, 0) is 0 Å². The van der Waals surface area contributed by atoms with E-state index in [1.165, 1.54) is 0 Å². The van der Waals surface area contributed by atoms with Crippen LogP contribution >= 0.6 is 7.60 Å². The summed E-state index contributed by atoms with van der Waals surface area (Å²) in [6, 6.07) is 0. The molecule has 42 valence electrons. The summed E-state index contributed by atoms with van der Waals surface area (Å²) in [4.78, 5) is 8.10. The van der Waals surface area contributed by atoms with Crippen LogP contribution in [0.15, 0.2) is 12.4 Å². The maximum atomic E-state index is 9.92. The minimum absolute atomic E-state index is 0.632. The lowest BCUT2D eigenvalue weighted by Gasteiger charge is -1.95. The zero-order valence-electron chi connectivity index (χ0n) is 3.44. The van der Waals surface area contributed by atoms with Crippen LogP contribution < -0.4 is 0 Å². The summed E-state index contributed by atoms with van der Waals surface area (Å²) in [5, 5.41) is 7.51. The van der Waals surface area contributed by atoms with Gasteiger partial charge < -0.3 is 4.89 Å². The van der Waals surface area contributed by atoms with Crippen molar-refractivity contribution in [1.82, 2.24) is 0 Å². The molecule has 5 heteroatoms. The Kier molecular flexibility index (Phi) is 2.19. The molecule has 0 spiro atoms. The average Bonchev–Trinajstić information content (AvgIpc) is 1.68. The molecule has 1 atom stereocenters. The van der Waals surface area contributed by atoms with Crippen molar-refractivity contribution in [3.05, 3.63) is 12.4 Å². The van der Waals surface area contributed by atoms with Gasteiger partial charge in [0.2, 0.25) is 0 Å². The summed E-state index contributed by atoms with van der Waals surface area (Å²) in [5.74, 6) is 0.632. The summed E-state index contributed by atoms with van der Waals surface area (Å²) >= 11 is 0. The summed E-state index contributed by atoms with van der Waals surface area (Å²) in [6.45, 7) is 2.91. The van der Waals surface area contributed by atoms with Crippen LogP contribution in [0.4, 0.5) is 0 Å². The number of rotatable bonds is 2. The molecule has 7 heavy (non-hydrogen) atoms. The second-order valence-corrected chi connectivity index (χ2v) is 2.49. The zero-order valence-corrected chi connectivity index (χ0v) is 4.34. The molecule has 0 aromatic carbocycles. The fourth-order valence-electron chi connectivity index (χ4n) is 0.0333. The van der Waals surface area contributed by atoms with Gasteiger partial charge in [0.15, 0.2) is 0 Å². The highest BCUT2D eigenvalue weighted by molar-refractivity contribution is 7.56. The van der Waals surface area contributed by atoms with Gasteiger partial charge in [0.25, 0.3) is 0 Å². The fraction of sp³-hybridized carbons (Fsp3) is 0. The molecule has 0 saturated carbocycles. The quantitative estimate of drug-likeness (QED) is 0.324. The van der Waals surface area contributed by atoms with Gasteiger partial charge in [-0.25, -0.2) is 5.26 Å². The molecule has 0 aliphatic carbocycles. The van der Waals surface area contributed by atoms with Crippen LogP contribution in [-0.4, -0.2) is 10.2 Å². The smallest absolute Gasteiger partial charge is 0.320 e. The van der Waals surface area contributed by atoms with E-state index < -0.39 is 7.60 Å². The van der Waals surface area contributed by atoms with E-state index in [-0.39, 0.29) is 0 Å². The third-order valence-corrected chi connectivity index (χ3v) is 1.04. The van der Waals surface area contributed by atoms with Crippen molar-refractivity contribution in [2.45, 2.75) is 0 Å². The van der Waals surface area contributed by atoms with Crippen LogP contribution in [0.5, 0.6) is 0 Å². The van der Waals surface area contributed by atoms with Crippen LogP contribution in [0.3, 0.4) is 0 Å². The van der Waals surface area contributed by atoms with E-state index in [1.54, 1.807) is 0 Å². The normalized spacial score (nSPS) is 18.0. The van der Waals surface area contributed by atoms with Gasteiger partial charge >= 0.3 is 7.60 Å². The first kappa shape index (κ1) is 6.85. The molecule has 0 aliphatic heterocycles. The first-order chi connectivity index (χ1) is 3.12. The third-order valence-electron chi connectivity index (χ3n) is 0.348. The molecule has 0 aliphatic rings. The highest BCUT2D eigenvalue weighted by Crippen LogP contribution is 2.40. The number of hydrogen-bond acceptors (Lipinski definition) is 3. The van der Waals surface area contributed by atoms with Crippen LogP contribution in [0, 0.1) is 0 Å². The minimum Gasteiger partial charge on any atom is -0.320 e. The monoisotopic (exact) mass is 124 g/mol. The van der Waals surface area contributed by atoms with Crippen molar-refractivity contribution in [1.29, 1.82) is 0 Å². The lowest BCUT2D eigenvalue weighted by Crippen LogP contribution is -1.75. The van der Waals surface area contributed by atoms with Gasteiger partial charge in [-0.2, -0.15) is 0 Å². The summed E-state index contributed by atoms with van der Waals surface area (Å²) < 4.78 is 13.0. The molecule has 0 amide bonds. The van der Waals surface area contributed by atoms with Crippen molar-refractivity contribution in [2.75, 3.05) is 0 Å². The topological polar surface area (TPSA) is 66.8 Å². The first-order valence-electron chi connectivity index (χ1n) is 1.41. The molecule has 0 rings (SSSR count). The van der Waals surface area contributed by atoms with Crippen LogP contribution in [0.25, 0.3) is 0 Å². The van der Waals surface area contributed by atoms with Gasteiger partial charge in [0, 0.05) is 5.82 Å². The lowest BCUT2D eigenvalue weighted by atomic mass is 11.3. The molecular weight excluding hydrogens is 119 g/mol. The van der Waals surface area contributed by atoms with E-state index in [9.17, 15) is 4.57 Å². The summed E-state index contributed by atoms with van der Waals surface area (Å²) in [6.07, 6.45) is 0. The Morgan fingerprint density at radius 1 is 1.86 bits per heavy atom. The predicted molar refractivity (Wildman–Crippen MR) is 23.7 cm³/mol. The van der Waals surface area contributed by atoms with Crippen molar-refractivity contribution in [3.63, 3.8) is 0 Å². The van der Waals surface area contributed by atoms with Crippen LogP contribution in [0.1, 0.15) is 0 Å². The maximum Gasteiger partial charge on any atom is 0.377 e. The van der Waals surface area contributed by atoms with Gasteiger partial charge in [0.05, 0.1) is 0 Å². The molecule has 0 heterocycles. The SMILES string of the molecule is C=CP(=O)(O)OO. The summed E-state index contributed by atoms with van der Waals surface area (Å²) in [5.41, 5.74) is 0. The highest BCUT2D eigenvalue weighted by Gasteiger charge is 2.10. The van der Waals surface area contributed by atoms with E-state index >= 15 is 0 Å². The van der Waals surface area contributed by atoms with E-state index in [1.807, 2.05) is 0 Å². The average molecular weight is 124 g/mol. The Labute approximate surface area is 40.5 Å². The molecule has 0 bridgehead atoms. The van der Waals surface area contributed by atoms with E-state index in [2.05, 4.69) is 11.3 Å². The molecule has 0 aromatic heterocycles. The molecule has 1 unspecified atom stereocenters. The third kappa shape index (κ3) is 2.53. The number of hydrogen-bond donors (Lipinski definition) is 2. The molecule has 4 nitrogen and oxygen atoms in total. The van der Waals surface area contributed by atoms with Crippen molar-refractivity contribution in [3.8, 4) is 0 Å². The fourth-order valence-corrected chi connectivity index (χ4v) is 0.100. The molecule has 0 saturated heterocycles. The van der Waals surface area contributed by atoms with Gasteiger partial charge in [-0.3, -0.25) is 4.57 Å². The Bertz CT molecular complexity index is 108. The largest absolute Gasteiger partial charge is 0.377 e. The second kappa shape index (κ2) is 2.23. The Balaban J connectivity index is 3.85. The Hall–Kier alpha value is -0.150. The second-order valence-electron chi connectivity index (χ2n) is 0.828. The van der Waals surface area contributed by atoms with E-state index in [0.29, 0.717) is 5.82 Å². The minimum atomic E-state index is -3.83.